The summed E-state index contributed by atoms with van der Waals surface area (Å²) in [4.78, 5) is 0. The second-order valence-electron chi connectivity index (χ2n) is 4.79. The summed E-state index contributed by atoms with van der Waals surface area (Å²) in [6.07, 6.45) is 1.90. The maximum Gasteiger partial charge on any atom is 0.160 e. The van der Waals surface area contributed by atoms with Gasteiger partial charge in [-0.2, -0.15) is 0 Å². The molecular weight excluding hydrogens is 291 g/mol. The summed E-state index contributed by atoms with van der Waals surface area (Å²) >= 11 is 6.02. The van der Waals surface area contributed by atoms with E-state index in [0.29, 0.717) is 17.1 Å². The Hall–Kier alpha value is -1.98. The van der Waals surface area contributed by atoms with Gasteiger partial charge in [0.25, 0.3) is 0 Å². The Morgan fingerprint density at radius 2 is 2.10 bits per heavy atom. The Kier molecular flexibility index (Phi) is 3.86. The van der Waals surface area contributed by atoms with Crippen molar-refractivity contribution in [3.8, 4) is 0 Å². The molecule has 0 aliphatic rings. The van der Waals surface area contributed by atoms with Gasteiger partial charge in [0.1, 0.15) is 5.82 Å². The van der Waals surface area contributed by atoms with E-state index in [-0.39, 0.29) is 11.9 Å². The van der Waals surface area contributed by atoms with E-state index in [1.54, 1.807) is 12.1 Å². The summed E-state index contributed by atoms with van der Waals surface area (Å²) in [7, 11) is 0. The van der Waals surface area contributed by atoms with E-state index in [9.17, 15) is 4.39 Å². The molecule has 0 amide bonds. The van der Waals surface area contributed by atoms with Crippen LogP contribution in [0, 0.1) is 5.82 Å². The van der Waals surface area contributed by atoms with E-state index in [1.807, 2.05) is 35.7 Å². The Morgan fingerprint density at radius 3 is 2.90 bits per heavy atom. The summed E-state index contributed by atoms with van der Waals surface area (Å²) < 4.78 is 15.6. The first-order valence-electron chi connectivity index (χ1n) is 6.63. The van der Waals surface area contributed by atoms with Gasteiger partial charge in [0, 0.05) is 23.3 Å². The van der Waals surface area contributed by atoms with Crippen molar-refractivity contribution in [3.63, 3.8) is 0 Å². The van der Waals surface area contributed by atoms with Crippen molar-refractivity contribution < 1.29 is 4.39 Å². The van der Waals surface area contributed by atoms with E-state index in [0.717, 1.165) is 11.5 Å². The quantitative estimate of drug-likeness (QED) is 0.803. The highest BCUT2D eigenvalue weighted by Gasteiger charge is 2.14. The molecule has 3 rings (SSSR count). The normalized spacial score (nSPS) is 12.7. The van der Waals surface area contributed by atoms with Crippen LogP contribution >= 0.6 is 11.6 Å². The molecule has 0 aliphatic carbocycles. The third-order valence-electron chi connectivity index (χ3n) is 3.37. The van der Waals surface area contributed by atoms with Crippen molar-refractivity contribution in [1.82, 2.24) is 19.9 Å². The molecule has 1 unspecified atom stereocenters. The third-order valence-corrected chi connectivity index (χ3v) is 3.73. The Bertz CT molecular complexity index is 751. The number of halogens is 2. The maximum atomic E-state index is 13.7. The van der Waals surface area contributed by atoms with Gasteiger partial charge in [0.05, 0.1) is 6.04 Å². The lowest BCUT2D eigenvalue weighted by Crippen LogP contribution is -2.21. The van der Waals surface area contributed by atoms with Gasteiger partial charge < -0.3 is 5.32 Å². The molecule has 0 saturated heterocycles. The first-order valence-corrected chi connectivity index (χ1v) is 7.00. The zero-order chi connectivity index (χ0) is 14.8. The minimum atomic E-state index is -0.312. The molecule has 0 saturated carbocycles. The summed E-state index contributed by atoms with van der Waals surface area (Å²) in [5.74, 6) is 0.464. The zero-order valence-electron chi connectivity index (χ0n) is 11.4. The number of fused-ring (bicyclic) bond motifs is 1. The number of hydrogen-bond donors (Lipinski definition) is 1. The number of nitrogens with zero attached hydrogens (tertiary/aromatic N) is 3. The number of benzene rings is 1. The van der Waals surface area contributed by atoms with Crippen molar-refractivity contribution in [2.24, 2.45) is 0 Å². The second kappa shape index (κ2) is 5.79. The third kappa shape index (κ3) is 2.75. The largest absolute Gasteiger partial charge is 0.303 e. The molecule has 0 bridgehead atoms. The topological polar surface area (TPSA) is 42.2 Å². The van der Waals surface area contributed by atoms with E-state index in [1.165, 1.54) is 6.07 Å². The molecule has 1 N–H and O–H groups in total. The first kappa shape index (κ1) is 14.0. The summed E-state index contributed by atoms with van der Waals surface area (Å²) in [5, 5.41) is 11.9. The van der Waals surface area contributed by atoms with Crippen molar-refractivity contribution in [2.75, 3.05) is 0 Å². The summed E-state index contributed by atoms with van der Waals surface area (Å²) in [6, 6.07) is 10.3. The van der Waals surface area contributed by atoms with Crippen molar-refractivity contribution in [1.29, 1.82) is 0 Å². The van der Waals surface area contributed by atoms with E-state index in [4.69, 9.17) is 11.6 Å². The van der Waals surface area contributed by atoms with E-state index < -0.39 is 0 Å². The molecule has 2 heterocycles. The lowest BCUT2D eigenvalue weighted by atomic mass is 10.2. The molecule has 6 heteroatoms. The maximum absolute atomic E-state index is 13.7. The summed E-state index contributed by atoms with van der Waals surface area (Å²) in [6.45, 7) is 2.28. The second-order valence-corrected chi connectivity index (χ2v) is 5.20. The van der Waals surface area contributed by atoms with Crippen molar-refractivity contribution >= 4 is 17.2 Å². The molecular formula is C15H14ClFN4. The van der Waals surface area contributed by atoms with Gasteiger partial charge in [0.15, 0.2) is 11.5 Å². The van der Waals surface area contributed by atoms with Crippen LogP contribution < -0.4 is 5.32 Å². The number of pyridine rings is 1. The monoisotopic (exact) mass is 304 g/mol. The van der Waals surface area contributed by atoms with Gasteiger partial charge in [-0.3, -0.25) is 4.40 Å². The van der Waals surface area contributed by atoms with Crippen LogP contribution in [0.4, 0.5) is 4.39 Å². The van der Waals surface area contributed by atoms with Gasteiger partial charge in [-0.15, -0.1) is 10.2 Å². The van der Waals surface area contributed by atoms with Crippen LogP contribution in [-0.4, -0.2) is 14.6 Å². The predicted octanol–water partition coefficient (Wildman–Crippen LogP) is 3.37. The number of hydrogen-bond acceptors (Lipinski definition) is 3. The zero-order valence-corrected chi connectivity index (χ0v) is 12.2. The fourth-order valence-electron chi connectivity index (χ4n) is 2.20. The standard InChI is InChI=1S/C15H14ClFN4/c1-10(15-20-19-14-7-2-3-8-21(14)15)18-9-11-12(16)5-4-6-13(11)17/h2-8,10,18H,9H2,1H3. The SMILES string of the molecule is CC(NCc1c(F)cccc1Cl)c1nnc2ccccn12. The average Bonchev–Trinajstić information content (AvgIpc) is 2.90. The van der Waals surface area contributed by atoms with Gasteiger partial charge >= 0.3 is 0 Å². The lowest BCUT2D eigenvalue weighted by Gasteiger charge is -2.13. The average molecular weight is 305 g/mol. The minimum Gasteiger partial charge on any atom is -0.303 e. The molecule has 21 heavy (non-hydrogen) atoms. The highest BCUT2D eigenvalue weighted by atomic mass is 35.5. The Labute approximate surface area is 126 Å². The van der Waals surface area contributed by atoms with Crippen LogP contribution in [-0.2, 0) is 6.54 Å². The fraction of sp³-hybridized carbons (Fsp3) is 0.200. The smallest absolute Gasteiger partial charge is 0.160 e. The van der Waals surface area contributed by atoms with Crippen molar-refractivity contribution in [2.45, 2.75) is 19.5 Å². The highest BCUT2D eigenvalue weighted by molar-refractivity contribution is 6.31. The van der Waals surface area contributed by atoms with Crippen molar-refractivity contribution in [3.05, 3.63) is 64.8 Å². The van der Waals surface area contributed by atoms with Crippen LogP contribution in [0.3, 0.4) is 0 Å². The molecule has 0 fully saturated rings. The number of aromatic nitrogens is 3. The molecule has 2 aromatic heterocycles. The van der Waals surface area contributed by atoms with Gasteiger partial charge in [-0.25, -0.2) is 4.39 Å². The van der Waals surface area contributed by atoms with Gasteiger partial charge in [-0.1, -0.05) is 23.7 Å². The Morgan fingerprint density at radius 1 is 1.24 bits per heavy atom. The van der Waals surface area contributed by atoms with Crippen LogP contribution in [0.15, 0.2) is 42.6 Å². The Balaban J connectivity index is 1.79. The van der Waals surface area contributed by atoms with E-state index >= 15 is 0 Å². The number of nitrogens with one attached hydrogen (secondary N) is 1. The molecule has 108 valence electrons. The van der Waals surface area contributed by atoms with Crippen LogP contribution in [0.25, 0.3) is 5.65 Å². The predicted molar refractivity (Wildman–Crippen MR) is 79.7 cm³/mol. The van der Waals surface area contributed by atoms with E-state index in [2.05, 4.69) is 15.5 Å². The fourth-order valence-corrected chi connectivity index (χ4v) is 2.43. The lowest BCUT2D eigenvalue weighted by molar-refractivity contribution is 0.522. The van der Waals surface area contributed by atoms with Crippen LogP contribution in [0.2, 0.25) is 5.02 Å². The molecule has 1 aromatic carbocycles. The molecule has 0 spiro atoms. The molecule has 1 atom stereocenters. The van der Waals surface area contributed by atoms with Gasteiger partial charge in [-0.05, 0) is 31.2 Å². The molecule has 4 nitrogen and oxygen atoms in total. The molecule has 0 aliphatic heterocycles. The van der Waals surface area contributed by atoms with Gasteiger partial charge in [0.2, 0.25) is 0 Å². The first-order chi connectivity index (χ1) is 10.2. The highest BCUT2D eigenvalue weighted by Crippen LogP contribution is 2.20. The van der Waals surface area contributed by atoms with Crippen LogP contribution in [0.1, 0.15) is 24.4 Å². The number of rotatable bonds is 4. The molecule has 0 radical (unpaired) electrons. The molecule has 3 aromatic rings. The summed E-state index contributed by atoms with van der Waals surface area (Å²) in [5.41, 5.74) is 1.24. The van der Waals surface area contributed by atoms with Crippen LogP contribution in [0.5, 0.6) is 0 Å². The minimum absolute atomic E-state index is 0.0851.